The van der Waals surface area contributed by atoms with Crippen LogP contribution in [0.2, 0.25) is 0 Å². The van der Waals surface area contributed by atoms with Gasteiger partial charge in [0.15, 0.2) is 0 Å². The molecule has 154 valence electrons. The maximum absolute atomic E-state index is 8.30. The van der Waals surface area contributed by atoms with E-state index in [1.165, 1.54) is 6.33 Å². The van der Waals surface area contributed by atoms with Gasteiger partial charge in [-0.2, -0.15) is 0 Å². The zero-order valence-electron chi connectivity index (χ0n) is 16.6. The zero-order chi connectivity index (χ0) is 21.5. The second-order valence-corrected chi connectivity index (χ2v) is 8.38. The summed E-state index contributed by atoms with van der Waals surface area (Å²) in [6.07, 6.45) is 9.28. The summed E-state index contributed by atoms with van der Waals surface area (Å²) >= 11 is 3.59. The van der Waals surface area contributed by atoms with Crippen molar-refractivity contribution >= 4 is 65.1 Å². The summed E-state index contributed by atoms with van der Waals surface area (Å²) in [6, 6.07) is 5.95. The maximum Gasteiger partial charge on any atom is 0.144 e. The maximum atomic E-state index is 8.30. The molecule has 30 heavy (non-hydrogen) atoms. The number of nitrogens with one attached hydrogen (secondary N) is 3. The molecule has 2 aromatic heterocycles. The Labute approximate surface area is 193 Å². The van der Waals surface area contributed by atoms with Crippen molar-refractivity contribution in [2.45, 2.75) is 13.5 Å². The first-order valence-corrected chi connectivity index (χ1v) is 11.3. The number of nitrogens with two attached hydrogens (primary N) is 1. The lowest BCUT2D eigenvalue weighted by atomic mass is 10.1. The first kappa shape index (κ1) is 22.0. The van der Waals surface area contributed by atoms with Gasteiger partial charge in [-0.3, -0.25) is 5.41 Å². The molecular formula is C22H23IN6S. The van der Waals surface area contributed by atoms with Crippen LogP contribution in [-0.2, 0) is 6.54 Å². The lowest BCUT2D eigenvalue weighted by Gasteiger charge is -2.16. The van der Waals surface area contributed by atoms with Gasteiger partial charge in [0.05, 0.1) is 15.8 Å². The molecule has 3 aromatic rings. The van der Waals surface area contributed by atoms with Crippen LogP contribution in [0.5, 0.6) is 0 Å². The van der Waals surface area contributed by atoms with E-state index in [1.54, 1.807) is 17.4 Å². The fourth-order valence-corrected chi connectivity index (χ4v) is 4.56. The molecule has 5 N–H and O–H groups in total. The molecule has 0 radical (unpaired) electrons. The fourth-order valence-electron chi connectivity index (χ4n) is 3.05. The van der Waals surface area contributed by atoms with Gasteiger partial charge in [-0.15, -0.1) is 11.3 Å². The highest BCUT2D eigenvalue weighted by molar-refractivity contribution is 14.1. The number of aromatic nitrogens is 2. The van der Waals surface area contributed by atoms with Crippen molar-refractivity contribution in [2.24, 2.45) is 0 Å². The molecule has 0 unspecified atom stereocenters. The average Bonchev–Trinajstić information content (AvgIpc) is 3.15. The van der Waals surface area contributed by atoms with Gasteiger partial charge in [-0.25, -0.2) is 9.97 Å². The Bertz CT molecular complexity index is 1130. The van der Waals surface area contributed by atoms with Crippen LogP contribution in [0.1, 0.15) is 18.1 Å². The Hall–Kier alpha value is -2.72. The molecule has 0 saturated heterocycles. The predicted molar refractivity (Wildman–Crippen MR) is 138 cm³/mol. The van der Waals surface area contributed by atoms with Crippen LogP contribution >= 0.6 is 33.9 Å². The number of fused-ring (bicyclic) bond motifs is 1. The van der Waals surface area contributed by atoms with E-state index in [0.717, 1.165) is 38.3 Å². The minimum atomic E-state index is 0.459. The number of halogens is 1. The number of anilines is 3. The number of rotatable bonds is 9. The number of hydrogen-bond donors (Lipinski definition) is 4. The molecular weight excluding hydrogens is 507 g/mol. The highest BCUT2D eigenvalue weighted by atomic mass is 127. The van der Waals surface area contributed by atoms with Crippen molar-refractivity contribution in [2.75, 3.05) is 22.9 Å². The van der Waals surface area contributed by atoms with E-state index >= 15 is 0 Å². The van der Waals surface area contributed by atoms with Crippen LogP contribution in [0.15, 0.2) is 66.4 Å². The van der Waals surface area contributed by atoms with Gasteiger partial charge in [-0.05, 0) is 52.6 Å². The third kappa shape index (κ3) is 5.06. The van der Waals surface area contributed by atoms with Gasteiger partial charge in [-0.1, -0.05) is 36.9 Å². The van der Waals surface area contributed by atoms with Crippen LogP contribution in [0.3, 0.4) is 0 Å². The number of thiophene rings is 1. The summed E-state index contributed by atoms with van der Waals surface area (Å²) in [4.78, 5) is 8.43. The van der Waals surface area contributed by atoms with Crippen LogP contribution < -0.4 is 16.4 Å². The normalized spacial score (nSPS) is 11.7. The van der Waals surface area contributed by atoms with Gasteiger partial charge < -0.3 is 16.4 Å². The molecule has 0 fully saturated rings. The molecule has 0 amide bonds. The first-order valence-electron chi connectivity index (χ1n) is 9.31. The molecule has 2 heterocycles. The number of allylic oxidation sites excluding steroid dienone is 3. The largest absolute Gasteiger partial charge is 0.382 e. The summed E-state index contributed by atoms with van der Waals surface area (Å²) in [5.41, 5.74) is 11.6. The smallest absolute Gasteiger partial charge is 0.144 e. The summed E-state index contributed by atoms with van der Waals surface area (Å²) in [5.74, 6) is 0.502. The standard InChI is InChI=1S/C22H23IN6S/c1-3-6-14(7-4-2)10-26-16-8-5-9-17(18(16)21(23)24)27-11-15-12-30-20-19(15)28-13-29-22(20)25/h3-9,12-13,24,26-27H,1,10-11H2,2H3,(H2,25,28,29)/b7-4-,14-6+,24-21?. The SMILES string of the molecule is C=C/C=C(\C=C/C)CNc1cccc(NCc2csc3c(N)ncnc23)c1C(=N)I. The molecule has 0 aliphatic carbocycles. The predicted octanol–water partition coefficient (Wildman–Crippen LogP) is 5.75. The summed E-state index contributed by atoms with van der Waals surface area (Å²) in [6.45, 7) is 6.98. The van der Waals surface area contributed by atoms with E-state index in [0.29, 0.717) is 22.6 Å². The summed E-state index contributed by atoms with van der Waals surface area (Å²) in [7, 11) is 0. The third-order valence-electron chi connectivity index (χ3n) is 4.40. The lowest BCUT2D eigenvalue weighted by Crippen LogP contribution is -2.10. The highest BCUT2D eigenvalue weighted by Gasteiger charge is 2.13. The monoisotopic (exact) mass is 530 g/mol. The van der Waals surface area contributed by atoms with Gasteiger partial charge >= 0.3 is 0 Å². The number of nitrogen functional groups attached to an aromatic ring is 1. The zero-order valence-corrected chi connectivity index (χ0v) is 19.5. The third-order valence-corrected chi connectivity index (χ3v) is 5.98. The molecule has 6 nitrogen and oxygen atoms in total. The summed E-state index contributed by atoms with van der Waals surface area (Å²) in [5, 5.41) is 17.3. The van der Waals surface area contributed by atoms with Crippen LogP contribution in [0.25, 0.3) is 10.2 Å². The first-order chi connectivity index (χ1) is 14.5. The Balaban J connectivity index is 1.83. The average molecular weight is 530 g/mol. The lowest BCUT2D eigenvalue weighted by molar-refractivity contribution is 1.15. The van der Waals surface area contributed by atoms with Gasteiger partial charge in [0.2, 0.25) is 0 Å². The molecule has 0 saturated carbocycles. The van der Waals surface area contributed by atoms with Crippen molar-refractivity contribution in [3.05, 3.63) is 77.5 Å². The molecule has 0 aliphatic rings. The number of hydrogen-bond acceptors (Lipinski definition) is 7. The highest BCUT2D eigenvalue weighted by Crippen LogP contribution is 2.31. The molecule has 0 aliphatic heterocycles. The van der Waals surface area contributed by atoms with Crippen LogP contribution in [0, 0.1) is 5.41 Å². The number of benzene rings is 1. The van der Waals surface area contributed by atoms with Crippen molar-refractivity contribution in [3.63, 3.8) is 0 Å². The van der Waals surface area contributed by atoms with Crippen molar-refractivity contribution in [1.29, 1.82) is 5.41 Å². The minimum Gasteiger partial charge on any atom is -0.382 e. The van der Waals surface area contributed by atoms with Gasteiger partial charge in [0, 0.05) is 30.0 Å². The van der Waals surface area contributed by atoms with Crippen molar-refractivity contribution in [1.82, 2.24) is 9.97 Å². The van der Waals surface area contributed by atoms with E-state index in [1.807, 2.05) is 71.3 Å². The second kappa shape index (κ2) is 10.4. The molecule has 0 spiro atoms. The van der Waals surface area contributed by atoms with E-state index in [2.05, 4.69) is 27.2 Å². The Morgan fingerprint density at radius 2 is 2.07 bits per heavy atom. The molecule has 3 rings (SSSR count). The van der Waals surface area contributed by atoms with E-state index in [-0.39, 0.29) is 0 Å². The fraction of sp³-hybridized carbons (Fsp3) is 0.136. The van der Waals surface area contributed by atoms with E-state index in [4.69, 9.17) is 11.1 Å². The Morgan fingerprint density at radius 1 is 1.30 bits per heavy atom. The Morgan fingerprint density at radius 3 is 2.77 bits per heavy atom. The Kier molecular flexibility index (Phi) is 7.58. The summed E-state index contributed by atoms with van der Waals surface area (Å²) < 4.78 is 1.36. The molecule has 0 bridgehead atoms. The topological polar surface area (TPSA) is 99.7 Å². The minimum absolute atomic E-state index is 0.459. The molecule has 1 aromatic carbocycles. The molecule has 0 atom stereocenters. The van der Waals surface area contributed by atoms with Crippen molar-refractivity contribution in [3.8, 4) is 0 Å². The molecule has 8 heteroatoms. The second-order valence-electron chi connectivity index (χ2n) is 6.42. The van der Waals surface area contributed by atoms with Crippen molar-refractivity contribution < 1.29 is 0 Å². The van der Waals surface area contributed by atoms with E-state index in [9.17, 15) is 0 Å². The van der Waals surface area contributed by atoms with Gasteiger partial charge in [0.1, 0.15) is 15.9 Å². The van der Waals surface area contributed by atoms with Crippen LogP contribution in [-0.4, -0.2) is 20.2 Å². The van der Waals surface area contributed by atoms with Crippen LogP contribution in [0.4, 0.5) is 17.2 Å². The quantitative estimate of drug-likeness (QED) is 0.161. The number of nitrogens with zero attached hydrogens (tertiary/aromatic N) is 2. The van der Waals surface area contributed by atoms with Gasteiger partial charge in [0.25, 0.3) is 0 Å². The van der Waals surface area contributed by atoms with E-state index < -0.39 is 0 Å².